The summed E-state index contributed by atoms with van der Waals surface area (Å²) in [6, 6.07) is 11.7. The smallest absolute Gasteiger partial charge is 0.341 e. The topological polar surface area (TPSA) is 46.5 Å². The van der Waals surface area contributed by atoms with E-state index in [0.29, 0.717) is 5.75 Å². The van der Waals surface area contributed by atoms with Gasteiger partial charge in [0.2, 0.25) is 0 Å². The molecule has 88 valence electrons. The van der Waals surface area contributed by atoms with Gasteiger partial charge in [0.15, 0.2) is 6.61 Å². The van der Waals surface area contributed by atoms with Crippen LogP contribution in [0.2, 0.25) is 0 Å². The molecule has 1 N–H and O–H groups in total. The molecule has 0 aliphatic heterocycles. The summed E-state index contributed by atoms with van der Waals surface area (Å²) in [7, 11) is 0. The van der Waals surface area contributed by atoms with E-state index in [1.807, 2.05) is 30.5 Å². The molecule has 0 atom stereocenters. The van der Waals surface area contributed by atoms with Gasteiger partial charge in [0.1, 0.15) is 5.75 Å². The normalized spacial score (nSPS) is 10.4. The van der Waals surface area contributed by atoms with Gasteiger partial charge in [-0.15, -0.1) is 11.8 Å². The van der Waals surface area contributed by atoms with Crippen LogP contribution in [0.15, 0.2) is 41.3 Å². The monoisotopic (exact) mass is 248 g/mol. The third-order valence-corrected chi connectivity index (χ3v) is 3.11. The van der Waals surface area contributed by atoms with Crippen molar-refractivity contribution in [3.63, 3.8) is 0 Å². The molecule has 4 heteroatoms. The van der Waals surface area contributed by atoms with Crippen LogP contribution in [-0.4, -0.2) is 23.9 Å². The summed E-state index contributed by atoms with van der Waals surface area (Å²) in [5, 5.41) is 10.7. The van der Waals surface area contributed by atoms with Gasteiger partial charge >= 0.3 is 5.97 Å². The standard InChI is InChI=1S/C13H12O3S/c1-17-12-5-3-9-6-11(16-8-13(14)15)4-2-10(9)7-12/h2-7H,8H2,1H3,(H,14,15). The van der Waals surface area contributed by atoms with Gasteiger partial charge < -0.3 is 9.84 Å². The molecule has 2 aromatic carbocycles. The van der Waals surface area contributed by atoms with E-state index < -0.39 is 5.97 Å². The van der Waals surface area contributed by atoms with Crippen molar-refractivity contribution in [1.29, 1.82) is 0 Å². The number of thioether (sulfide) groups is 1. The second kappa shape index (κ2) is 5.10. The molecule has 0 aliphatic rings. The molecule has 0 aliphatic carbocycles. The number of hydrogen-bond donors (Lipinski definition) is 1. The maximum Gasteiger partial charge on any atom is 0.341 e. The number of ether oxygens (including phenoxy) is 1. The van der Waals surface area contributed by atoms with E-state index in [1.54, 1.807) is 17.8 Å². The summed E-state index contributed by atoms with van der Waals surface area (Å²) >= 11 is 1.69. The van der Waals surface area contributed by atoms with Crippen molar-refractivity contribution in [3.05, 3.63) is 36.4 Å². The number of carbonyl (C=O) groups is 1. The molecular formula is C13H12O3S. The number of rotatable bonds is 4. The third-order valence-electron chi connectivity index (χ3n) is 2.38. The van der Waals surface area contributed by atoms with Crippen molar-refractivity contribution in [1.82, 2.24) is 0 Å². The minimum atomic E-state index is -0.970. The highest BCUT2D eigenvalue weighted by molar-refractivity contribution is 7.98. The first kappa shape index (κ1) is 11.8. The number of benzene rings is 2. The molecule has 0 unspecified atom stereocenters. The molecule has 0 spiro atoms. The van der Waals surface area contributed by atoms with Gasteiger partial charge in [-0.2, -0.15) is 0 Å². The van der Waals surface area contributed by atoms with Gasteiger partial charge in [0, 0.05) is 4.90 Å². The SMILES string of the molecule is CSc1ccc2cc(OCC(=O)O)ccc2c1. The molecular weight excluding hydrogens is 236 g/mol. The molecule has 0 amide bonds. The fraction of sp³-hybridized carbons (Fsp3) is 0.154. The van der Waals surface area contributed by atoms with Crippen LogP contribution in [0.25, 0.3) is 10.8 Å². The Kier molecular flexibility index (Phi) is 3.54. The molecule has 17 heavy (non-hydrogen) atoms. The van der Waals surface area contributed by atoms with Crippen molar-refractivity contribution >= 4 is 28.5 Å². The Morgan fingerprint density at radius 1 is 1.24 bits per heavy atom. The van der Waals surface area contributed by atoms with Gasteiger partial charge in [-0.1, -0.05) is 12.1 Å². The van der Waals surface area contributed by atoms with E-state index in [2.05, 4.69) is 6.07 Å². The molecule has 0 radical (unpaired) electrons. The number of fused-ring (bicyclic) bond motifs is 1. The Morgan fingerprint density at radius 2 is 1.94 bits per heavy atom. The molecule has 0 saturated heterocycles. The third kappa shape index (κ3) is 2.91. The predicted octanol–water partition coefficient (Wildman–Crippen LogP) is 3.03. The Bertz CT molecular complexity index is 551. The van der Waals surface area contributed by atoms with E-state index in [4.69, 9.17) is 9.84 Å². The van der Waals surface area contributed by atoms with Gasteiger partial charge in [-0.05, 0) is 41.3 Å². The first-order valence-electron chi connectivity index (χ1n) is 5.11. The molecule has 0 saturated carbocycles. The lowest BCUT2D eigenvalue weighted by molar-refractivity contribution is -0.139. The van der Waals surface area contributed by atoms with Crippen molar-refractivity contribution < 1.29 is 14.6 Å². The zero-order valence-corrected chi connectivity index (χ0v) is 10.2. The molecule has 0 fully saturated rings. The first-order chi connectivity index (χ1) is 8.19. The summed E-state index contributed by atoms with van der Waals surface area (Å²) in [5.41, 5.74) is 0. The Hall–Kier alpha value is -1.68. The average Bonchev–Trinajstić information content (AvgIpc) is 2.35. The quantitative estimate of drug-likeness (QED) is 0.845. The first-order valence-corrected chi connectivity index (χ1v) is 6.34. The van der Waals surface area contributed by atoms with Crippen LogP contribution in [0.1, 0.15) is 0 Å². The van der Waals surface area contributed by atoms with E-state index in [0.717, 1.165) is 10.8 Å². The zero-order chi connectivity index (χ0) is 12.3. The van der Waals surface area contributed by atoms with Gasteiger partial charge in [-0.25, -0.2) is 4.79 Å². The Labute approximate surface area is 103 Å². The number of aliphatic carboxylic acids is 1. The number of carboxylic acid groups (broad SMARTS) is 1. The second-order valence-corrected chi connectivity index (χ2v) is 4.44. The van der Waals surface area contributed by atoms with Crippen LogP contribution in [0, 0.1) is 0 Å². The second-order valence-electron chi connectivity index (χ2n) is 3.56. The average molecular weight is 248 g/mol. The van der Waals surface area contributed by atoms with E-state index >= 15 is 0 Å². The lowest BCUT2D eigenvalue weighted by atomic mass is 10.1. The summed E-state index contributed by atoms with van der Waals surface area (Å²) in [5.74, 6) is -0.389. The minimum Gasteiger partial charge on any atom is -0.482 e. The van der Waals surface area contributed by atoms with Crippen LogP contribution in [-0.2, 0) is 4.79 Å². The maximum atomic E-state index is 10.4. The fourth-order valence-electron chi connectivity index (χ4n) is 1.56. The predicted molar refractivity (Wildman–Crippen MR) is 68.9 cm³/mol. The number of carboxylic acids is 1. The van der Waals surface area contributed by atoms with Gasteiger partial charge in [-0.3, -0.25) is 0 Å². The molecule has 2 rings (SSSR count). The summed E-state index contributed by atoms with van der Waals surface area (Å²) in [6.07, 6.45) is 2.03. The van der Waals surface area contributed by atoms with Crippen molar-refractivity contribution in [3.8, 4) is 5.75 Å². The summed E-state index contributed by atoms with van der Waals surface area (Å²) < 4.78 is 5.13. The zero-order valence-electron chi connectivity index (χ0n) is 9.34. The van der Waals surface area contributed by atoms with Crippen LogP contribution in [0.3, 0.4) is 0 Å². The Morgan fingerprint density at radius 3 is 2.65 bits per heavy atom. The Balaban J connectivity index is 2.28. The fourth-order valence-corrected chi connectivity index (χ4v) is 2.01. The van der Waals surface area contributed by atoms with E-state index in [-0.39, 0.29) is 6.61 Å². The van der Waals surface area contributed by atoms with Crippen LogP contribution < -0.4 is 4.74 Å². The van der Waals surface area contributed by atoms with Gasteiger partial charge in [0.05, 0.1) is 0 Å². The molecule has 0 aromatic heterocycles. The van der Waals surface area contributed by atoms with Crippen LogP contribution in [0.4, 0.5) is 0 Å². The maximum absolute atomic E-state index is 10.4. The van der Waals surface area contributed by atoms with E-state index in [9.17, 15) is 4.79 Å². The largest absolute Gasteiger partial charge is 0.482 e. The lowest BCUT2D eigenvalue weighted by Gasteiger charge is -2.05. The van der Waals surface area contributed by atoms with Crippen molar-refractivity contribution in [2.45, 2.75) is 4.90 Å². The van der Waals surface area contributed by atoms with E-state index in [1.165, 1.54) is 4.90 Å². The highest BCUT2D eigenvalue weighted by atomic mass is 32.2. The van der Waals surface area contributed by atoms with Crippen molar-refractivity contribution in [2.24, 2.45) is 0 Å². The van der Waals surface area contributed by atoms with Gasteiger partial charge in [0.25, 0.3) is 0 Å². The molecule has 0 bridgehead atoms. The molecule has 3 nitrogen and oxygen atoms in total. The highest BCUT2D eigenvalue weighted by Crippen LogP contribution is 2.25. The van der Waals surface area contributed by atoms with Crippen LogP contribution in [0.5, 0.6) is 5.75 Å². The van der Waals surface area contributed by atoms with Crippen molar-refractivity contribution in [2.75, 3.05) is 12.9 Å². The highest BCUT2D eigenvalue weighted by Gasteiger charge is 2.01. The molecule has 0 heterocycles. The van der Waals surface area contributed by atoms with Crippen LogP contribution >= 0.6 is 11.8 Å². The lowest BCUT2D eigenvalue weighted by Crippen LogP contribution is -2.09. The molecule has 2 aromatic rings. The summed E-state index contributed by atoms with van der Waals surface area (Å²) in [6.45, 7) is -0.311. The summed E-state index contributed by atoms with van der Waals surface area (Å²) in [4.78, 5) is 11.6. The number of hydrogen-bond acceptors (Lipinski definition) is 3. The minimum absolute atomic E-state index is 0.311.